The zero-order valence-electron chi connectivity index (χ0n) is 13.6. The van der Waals surface area contributed by atoms with Crippen LogP contribution < -0.4 is 11.1 Å². The fraction of sp³-hybridized carbons (Fsp3) is 0.278. The lowest BCUT2D eigenvalue weighted by molar-refractivity contribution is 0.338. The van der Waals surface area contributed by atoms with Gasteiger partial charge in [-0.25, -0.2) is 19.3 Å². The van der Waals surface area contributed by atoms with Crippen molar-refractivity contribution >= 4 is 29.3 Å². The summed E-state index contributed by atoms with van der Waals surface area (Å²) in [5, 5.41) is 3.45. The first-order valence-corrected chi connectivity index (χ1v) is 8.09. The van der Waals surface area contributed by atoms with Crippen molar-refractivity contribution in [1.82, 2.24) is 20.3 Å². The second-order valence-corrected chi connectivity index (χ2v) is 6.18. The van der Waals surface area contributed by atoms with Crippen LogP contribution in [0.15, 0.2) is 36.7 Å². The summed E-state index contributed by atoms with van der Waals surface area (Å²) in [6.07, 6.45) is 5.09. The zero-order chi connectivity index (χ0) is 16.5. The fourth-order valence-corrected chi connectivity index (χ4v) is 2.89. The molecule has 1 aliphatic rings. The lowest BCUT2D eigenvalue weighted by atomic mass is 9.93. The molecule has 0 aliphatic heterocycles. The summed E-state index contributed by atoms with van der Waals surface area (Å²) >= 11 is 0. The summed E-state index contributed by atoms with van der Waals surface area (Å²) in [6, 6.07) is 9.23. The Labute approximate surface area is 151 Å². The van der Waals surface area contributed by atoms with Crippen molar-refractivity contribution in [3.8, 4) is 11.3 Å². The molecule has 0 amide bonds. The average Bonchev–Trinajstić information content (AvgIpc) is 2.53. The summed E-state index contributed by atoms with van der Waals surface area (Å²) in [6.45, 7) is 0.661. The monoisotopic (exact) mass is 359 g/mol. The lowest BCUT2D eigenvalue weighted by Crippen LogP contribution is -2.34. The van der Waals surface area contributed by atoms with Gasteiger partial charge in [-0.3, -0.25) is 0 Å². The normalized spacial score (nSPS) is 14.1. The summed E-state index contributed by atoms with van der Waals surface area (Å²) < 4.78 is 14.0. The van der Waals surface area contributed by atoms with Crippen LogP contribution in [0.2, 0.25) is 0 Å². The van der Waals surface area contributed by atoms with E-state index in [1.807, 2.05) is 18.2 Å². The largest absolute Gasteiger partial charge is 0.382 e. The highest BCUT2D eigenvalue weighted by Gasteiger charge is 2.16. The number of nitrogen functional groups attached to an aromatic ring is 1. The molecule has 0 radical (unpaired) electrons. The predicted octanol–water partition coefficient (Wildman–Crippen LogP) is 3.48. The number of pyridine rings is 1. The summed E-state index contributed by atoms with van der Waals surface area (Å²) in [5.74, 6) is 0.0576. The van der Waals surface area contributed by atoms with Gasteiger partial charge in [0, 0.05) is 18.2 Å². The molecule has 0 spiro atoms. The zero-order valence-corrected chi connectivity index (χ0v) is 14.4. The molecule has 1 saturated carbocycles. The van der Waals surface area contributed by atoms with Gasteiger partial charge in [0.1, 0.15) is 17.7 Å². The first-order valence-electron chi connectivity index (χ1n) is 8.09. The van der Waals surface area contributed by atoms with Gasteiger partial charge < -0.3 is 11.1 Å². The first-order chi connectivity index (χ1) is 11.7. The van der Waals surface area contributed by atoms with E-state index in [-0.39, 0.29) is 18.2 Å². The van der Waals surface area contributed by atoms with E-state index in [1.54, 1.807) is 6.07 Å². The van der Waals surface area contributed by atoms with Crippen molar-refractivity contribution in [3.05, 3.63) is 48.0 Å². The van der Waals surface area contributed by atoms with Crippen molar-refractivity contribution in [2.24, 2.45) is 0 Å². The summed E-state index contributed by atoms with van der Waals surface area (Å²) in [7, 11) is 0. The van der Waals surface area contributed by atoms with Crippen molar-refractivity contribution < 1.29 is 4.39 Å². The fourth-order valence-electron chi connectivity index (χ4n) is 2.89. The van der Waals surface area contributed by atoms with E-state index >= 15 is 0 Å². The molecule has 1 fully saturated rings. The van der Waals surface area contributed by atoms with Gasteiger partial charge in [-0.1, -0.05) is 6.42 Å². The standard InChI is InChI=1S/C18H18FN5.ClH/c19-13-7-11(9-21-14-2-1-3-14)6-12(8-13)15-4-5-16-17(24-15)18(20)23-10-22-16;/h4-8,10,14,21H,1-3,9H2,(H2,20,22,23);1H. The number of nitrogens with one attached hydrogen (secondary N) is 1. The maximum Gasteiger partial charge on any atom is 0.153 e. The molecule has 3 N–H and O–H groups in total. The third-order valence-electron chi connectivity index (χ3n) is 4.46. The first kappa shape index (κ1) is 17.5. The van der Waals surface area contributed by atoms with E-state index in [1.165, 1.54) is 31.7 Å². The Kier molecular flexibility index (Phi) is 5.11. The molecule has 0 bridgehead atoms. The number of nitrogens with two attached hydrogens (primary N) is 1. The molecule has 2 heterocycles. The third-order valence-corrected chi connectivity index (χ3v) is 4.46. The van der Waals surface area contributed by atoms with Crippen molar-refractivity contribution in [2.75, 3.05) is 5.73 Å². The highest BCUT2D eigenvalue weighted by atomic mass is 35.5. The van der Waals surface area contributed by atoms with E-state index in [0.29, 0.717) is 35.1 Å². The number of anilines is 1. The minimum absolute atomic E-state index is 0. The van der Waals surface area contributed by atoms with Gasteiger partial charge in [0.15, 0.2) is 5.82 Å². The van der Waals surface area contributed by atoms with Crippen LogP contribution in [0.3, 0.4) is 0 Å². The number of aromatic nitrogens is 3. The molecule has 5 nitrogen and oxygen atoms in total. The number of benzene rings is 1. The molecule has 0 atom stereocenters. The Bertz CT molecular complexity index is 898. The van der Waals surface area contributed by atoms with Gasteiger partial charge in [-0.05, 0) is 48.7 Å². The van der Waals surface area contributed by atoms with Crippen LogP contribution in [0, 0.1) is 5.82 Å². The lowest BCUT2D eigenvalue weighted by Gasteiger charge is -2.26. The second kappa shape index (κ2) is 7.29. The van der Waals surface area contributed by atoms with Crippen molar-refractivity contribution in [2.45, 2.75) is 31.8 Å². The van der Waals surface area contributed by atoms with Crippen LogP contribution >= 0.6 is 12.4 Å². The van der Waals surface area contributed by atoms with Crippen molar-refractivity contribution in [1.29, 1.82) is 0 Å². The minimum Gasteiger partial charge on any atom is -0.382 e. The highest BCUT2D eigenvalue weighted by Crippen LogP contribution is 2.25. The molecule has 25 heavy (non-hydrogen) atoms. The number of hydrogen-bond donors (Lipinski definition) is 2. The molecule has 1 aliphatic carbocycles. The maximum absolute atomic E-state index is 14.0. The van der Waals surface area contributed by atoms with Crippen LogP contribution in [0.4, 0.5) is 10.2 Å². The Balaban J connectivity index is 0.00000182. The SMILES string of the molecule is Cl.Nc1ncnc2ccc(-c3cc(F)cc(CNC4CCC4)c3)nc12. The number of hydrogen-bond acceptors (Lipinski definition) is 5. The van der Waals surface area contributed by atoms with Crippen LogP contribution in [-0.2, 0) is 6.54 Å². The molecule has 1 aromatic carbocycles. The molecule has 0 unspecified atom stereocenters. The van der Waals surface area contributed by atoms with Gasteiger partial charge >= 0.3 is 0 Å². The number of rotatable bonds is 4. The van der Waals surface area contributed by atoms with E-state index in [9.17, 15) is 4.39 Å². The van der Waals surface area contributed by atoms with E-state index in [0.717, 1.165) is 11.1 Å². The highest BCUT2D eigenvalue weighted by molar-refractivity contribution is 5.86. The number of nitrogens with zero attached hydrogens (tertiary/aromatic N) is 3. The van der Waals surface area contributed by atoms with Crippen LogP contribution in [-0.4, -0.2) is 21.0 Å². The molecule has 130 valence electrons. The molecule has 2 aromatic heterocycles. The third kappa shape index (κ3) is 3.70. The molecule has 4 rings (SSSR count). The molecule has 7 heteroatoms. The summed E-state index contributed by atoms with van der Waals surface area (Å²) in [4.78, 5) is 12.6. The van der Waals surface area contributed by atoms with E-state index in [4.69, 9.17) is 5.73 Å². The van der Waals surface area contributed by atoms with Gasteiger partial charge in [0.05, 0.1) is 11.2 Å². The van der Waals surface area contributed by atoms with Gasteiger partial charge in [-0.2, -0.15) is 0 Å². The quantitative estimate of drug-likeness (QED) is 0.745. The van der Waals surface area contributed by atoms with Crippen molar-refractivity contribution in [3.63, 3.8) is 0 Å². The Morgan fingerprint density at radius 3 is 2.76 bits per heavy atom. The van der Waals surface area contributed by atoms with Crippen LogP contribution in [0.25, 0.3) is 22.3 Å². The molecular formula is C18H19ClFN5. The molecular weight excluding hydrogens is 341 g/mol. The predicted molar refractivity (Wildman–Crippen MR) is 98.9 cm³/mol. The van der Waals surface area contributed by atoms with Gasteiger partial charge in [-0.15, -0.1) is 12.4 Å². The maximum atomic E-state index is 14.0. The van der Waals surface area contributed by atoms with Gasteiger partial charge in [0.25, 0.3) is 0 Å². The van der Waals surface area contributed by atoms with Crippen LogP contribution in [0.5, 0.6) is 0 Å². The smallest absolute Gasteiger partial charge is 0.153 e. The average molecular weight is 360 g/mol. The topological polar surface area (TPSA) is 76.7 Å². The Hall–Kier alpha value is -2.31. The number of halogens is 2. The number of fused-ring (bicyclic) bond motifs is 1. The van der Waals surface area contributed by atoms with Crippen LogP contribution in [0.1, 0.15) is 24.8 Å². The Morgan fingerprint density at radius 1 is 1.16 bits per heavy atom. The summed E-state index contributed by atoms with van der Waals surface area (Å²) in [5.41, 5.74) is 9.38. The second-order valence-electron chi connectivity index (χ2n) is 6.18. The Morgan fingerprint density at radius 2 is 2.00 bits per heavy atom. The van der Waals surface area contributed by atoms with Gasteiger partial charge in [0.2, 0.25) is 0 Å². The molecule has 0 saturated heterocycles. The van der Waals surface area contributed by atoms with E-state index in [2.05, 4.69) is 20.3 Å². The molecule has 3 aromatic rings. The van der Waals surface area contributed by atoms with E-state index < -0.39 is 0 Å². The minimum atomic E-state index is -0.267.